The van der Waals surface area contributed by atoms with Crippen LogP contribution < -0.4 is 5.56 Å². The molecular formula is C25H27N5O3S2. The van der Waals surface area contributed by atoms with Gasteiger partial charge in [0, 0.05) is 44.4 Å². The average molecular weight is 510 g/mol. The zero-order valence-electron chi connectivity index (χ0n) is 19.9. The predicted octanol–water partition coefficient (Wildman–Crippen LogP) is 3.25. The van der Waals surface area contributed by atoms with Crippen LogP contribution in [0.15, 0.2) is 58.2 Å². The van der Waals surface area contributed by atoms with E-state index in [1.165, 1.54) is 21.9 Å². The molecule has 0 radical (unpaired) electrons. The van der Waals surface area contributed by atoms with Crippen LogP contribution in [-0.2, 0) is 16.6 Å². The molecule has 0 atom stereocenters. The number of benzene rings is 2. The first-order chi connectivity index (χ1) is 16.7. The zero-order chi connectivity index (χ0) is 24.7. The summed E-state index contributed by atoms with van der Waals surface area (Å²) >= 11 is 1.38. The molecule has 0 saturated carbocycles. The van der Waals surface area contributed by atoms with Gasteiger partial charge in [0.15, 0.2) is 0 Å². The molecule has 8 nitrogen and oxygen atoms in total. The van der Waals surface area contributed by atoms with E-state index < -0.39 is 10.0 Å². The Hall–Kier alpha value is -2.92. The van der Waals surface area contributed by atoms with Crippen molar-refractivity contribution in [2.45, 2.75) is 32.2 Å². The van der Waals surface area contributed by atoms with Crippen molar-refractivity contribution in [1.29, 1.82) is 0 Å². The topological polar surface area (TPSA) is 87.9 Å². The minimum absolute atomic E-state index is 0.212. The standard InChI is InChI=1S/C25H27N5O3S2/c1-17-4-7-20(8-5-17)24-27-30-23(31)15-21(26-25(30)34-24)16-28-10-12-29(13-11-28)35(32,33)22-9-6-18(2)14-19(22)3/h4-9,14-15H,10-13,16H2,1-3H3. The van der Waals surface area contributed by atoms with Crippen molar-refractivity contribution in [2.75, 3.05) is 26.2 Å². The Morgan fingerprint density at radius 2 is 1.60 bits per heavy atom. The highest BCUT2D eigenvalue weighted by molar-refractivity contribution is 7.89. The second-order valence-corrected chi connectivity index (χ2v) is 11.9. The van der Waals surface area contributed by atoms with Gasteiger partial charge in [0.1, 0.15) is 5.01 Å². The van der Waals surface area contributed by atoms with Gasteiger partial charge in [0.05, 0.1) is 10.6 Å². The van der Waals surface area contributed by atoms with Crippen LogP contribution in [-0.4, -0.2) is 58.4 Å². The van der Waals surface area contributed by atoms with Crippen LogP contribution in [0.1, 0.15) is 22.4 Å². The summed E-state index contributed by atoms with van der Waals surface area (Å²) in [6.45, 7) is 8.24. The highest BCUT2D eigenvalue weighted by atomic mass is 32.2. The van der Waals surface area contributed by atoms with Crippen LogP contribution in [0.3, 0.4) is 0 Å². The Morgan fingerprint density at radius 3 is 2.29 bits per heavy atom. The van der Waals surface area contributed by atoms with Crippen LogP contribution in [0.2, 0.25) is 0 Å². The van der Waals surface area contributed by atoms with Gasteiger partial charge in [-0.15, -0.1) is 0 Å². The summed E-state index contributed by atoms with van der Waals surface area (Å²) in [5, 5.41) is 5.20. The SMILES string of the molecule is Cc1ccc(-c2nn3c(=O)cc(CN4CCN(S(=O)(=O)c5ccc(C)cc5C)CC4)nc3s2)cc1. The number of nitrogens with zero attached hydrogens (tertiary/aromatic N) is 5. The average Bonchev–Trinajstić information content (AvgIpc) is 3.24. The Bertz CT molecular complexity index is 1550. The maximum Gasteiger partial charge on any atom is 0.275 e. The van der Waals surface area contributed by atoms with Gasteiger partial charge in [-0.25, -0.2) is 13.4 Å². The molecule has 0 bridgehead atoms. The second-order valence-electron chi connectivity index (χ2n) is 9.00. The Morgan fingerprint density at radius 1 is 0.914 bits per heavy atom. The molecule has 0 spiro atoms. The molecule has 2 aromatic heterocycles. The second kappa shape index (κ2) is 9.27. The molecule has 0 aliphatic carbocycles. The van der Waals surface area contributed by atoms with Gasteiger partial charge in [-0.2, -0.15) is 13.9 Å². The molecule has 5 rings (SSSR count). The van der Waals surface area contributed by atoms with Crippen LogP contribution >= 0.6 is 11.3 Å². The first-order valence-electron chi connectivity index (χ1n) is 11.5. The highest BCUT2D eigenvalue weighted by Gasteiger charge is 2.29. The van der Waals surface area contributed by atoms with Crippen molar-refractivity contribution in [2.24, 2.45) is 0 Å². The molecular weight excluding hydrogens is 482 g/mol. The van der Waals surface area contributed by atoms with E-state index in [-0.39, 0.29) is 5.56 Å². The maximum absolute atomic E-state index is 13.2. The van der Waals surface area contributed by atoms with Gasteiger partial charge in [-0.1, -0.05) is 58.9 Å². The molecule has 1 fully saturated rings. The fourth-order valence-electron chi connectivity index (χ4n) is 4.33. The molecule has 182 valence electrons. The van der Waals surface area contributed by atoms with Crippen molar-refractivity contribution in [3.05, 3.63) is 81.3 Å². The third-order valence-corrected chi connectivity index (χ3v) is 9.28. The fourth-order valence-corrected chi connectivity index (χ4v) is 6.89. The van der Waals surface area contributed by atoms with E-state index in [1.54, 1.807) is 10.4 Å². The number of sulfonamides is 1. The summed E-state index contributed by atoms with van der Waals surface area (Å²) in [6.07, 6.45) is 0. The van der Waals surface area contributed by atoms with Gasteiger partial charge in [0.2, 0.25) is 15.0 Å². The first-order valence-corrected chi connectivity index (χ1v) is 13.7. The molecule has 1 aliphatic rings. The van der Waals surface area contributed by atoms with Gasteiger partial charge in [-0.05, 0) is 32.4 Å². The Kier molecular flexibility index (Phi) is 6.30. The summed E-state index contributed by atoms with van der Waals surface area (Å²) in [5.41, 5.74) is 4.37. The van der Waals surface area contributed by atoms with Crippen LogP contribution in [0.4, 0.5) is 0 Å². The minimum atomic E-state index is -3.54. The first kappa shape index (κ1) is 23.8. The predicted molar refractivity (Wildman–Crippen MR) is 137 cm³/mol. The van der Waals surface area contributed by atoms with Crippen molar-refractivity contribution in [3.63, 3.8) is 0 Å². The number of fused-ring (bicyclic) bond motifs is 1. The Labute approximate surface area is 208 Å². The lowest BCUT2D eigenvalue weighted by molar-refractivity contribution is 0.180. The van der Waals surface area contributed by atoms with Gasteiger partial charge >= 0.3 is 0 Å². The molecule has 4 aromatic rings. The molecule has 3 heterocycles. The van der Waals surface area contributed by atoms with Crippen molar-refractivity contribution < 1.29 is 8.42 Å². The van der Waals surface area contributed by atoms with Crippen molar-refractivity contribution in [1.82, 2.24) is 23.8 Å². The van der Waals surface area contributed by atoms with E-state index >= 15 is 0 Å². The summed E-state index contributed by atoms with van der Waals surface area (Å²) < 4.78 is 29.2. The van der Waals surface area contributed by atoms with Gasteiger partial charge in [-0.3, -0.25) is 9.69 Å². The summed E-state index contributed by atoms with van der Waals surface area (Å²) in [5.74, 6) is 0. The maximum atomic E-state index is 13.2. The molecule has 1 aliphatic heterocycles. The minimum Gasteiger partial charge on any atom is -0.295 e. The lowest BCUT2D eigenvalue weighted by atomic mass is 10.2. The number of hydrogen-bond donors (Lipinski definition) is 0. The smallest absolute Gasteiger partial charge is 0.275 e. The monoisotopic (exact) mass is 509 g/mol. The van der Waals surface area contributed by atoms with Gasteiger partial charge in [0.25, 0.3) is 5.56 Å². The molecule has 2 aromatic carbocycles. The third kappa shape index (κ3) is 4.79. The molecule has 0 N–H and O–H groups in total. The fraction of sp³-hybridized carbons (Fsp3) is 0.320. The summed E-state index contributed by atoms with van der Waals surface area (Å²) in [4.78, 5) is 20.4. The number of aromatic nitrogens is 3. The third-order valence-electron chi connectivity index (χ3n) is 6.26. The highest BCUT2D eigenvalue weighted by Crippen LogP contribution is 2.25. The molecule has 0 amide bonds. The van der Waals surface area contributed by atoms with Crippen LogP contribution in [0, 0.1) is 20.8 Å². The zero-order valence-corrected chi connectivity index (χ0v) is 21.6. The molecule has 10 heteroatoms. The van der Waals surface area contributed by atoms with Crippen LogP contribution in [0.25, 0.3) is 15.5 Å². The largest absolute Gasteiger partial charge is 0.295 e. The number of piperazine rings is 1. The van der Waals surface area contributed by atoms with Crippen LogP contribution in [0.5, 0.6) is 0 Å². The van der Waals surface area contributed by atoms with E-state index in [2.05, 4.69) is 15.0 Å². The number of rotatable bonds is 5. The van der Waals surface area contributed by atoms with E-state index in [0.29, 0.717) is 48.3 Å². The molecule has 35 heavy (non-hydrogen) atoms. The van der Waals surface area contributed by atoms with Crippen molar-refractivity contribution in [3.8, 4) is 10.6 Å². The Balaban J connectivity index is 1.30. The quantitative estimate of drug-likeness (QED) is 0.410. The number of aryl methyl sites for hydroxylation is 3. The van der Waals surface area contributed by atoms with Crippen molar-refractivity contribution >= 4 is 26.3 Å². The van der Waals surface area contributed by atoms with E-state index in [1.807, 2.05) is 57.2 Å². The normalized spacial score (nSPS) is 15.6. The van der Waals surface area contributed by atoms with E-state index in [0.717, 1.165) is 27.3 Å². The molecule has 0 unspecified atom stereocenters. The lowest BCUT2D eigenvalue weighted by Gasteiger charge is -2.34. The van der Waals surface area contributed by atoms with E-state index in [9.17, 15) is 13.2 Å². The molecule has 1 saturated heterocycles. The van der Waals surface area contributed by atoms with Gasteiger partial charge < -0.3 is 0 Å². The lowest BCUT2D eigenvalue weighted by Crippen LogP contribution is -2.48. The summed E-state index contributed by atoms with van der Waals surface area (Å²) in [6, 6.07) is 15.0. The number of hydrogen-bond acceptors (Lipinski definition) is 7. The van der Waals surface area contributed by atoms with E-state index in [4.69, 9.17) is 0 Å². The summed E-state index contributed by atoms with van der Waals surface area (Å²) in [7, 11) is -3.54.